The molecular formula is C19H20O5. The summed E-state index contributed by atoms with van der Waals surface area (Å²) in [7, 11) is 0. The number of rotatable bonds is 4. The lowest BCUT2D eigenvalue weighted by Gasteiger charge is -2.35. The van der Waals surface area contributed by atoms with Crippen molar-refractivity contribution >= 4 is 22.7 Å². The molecule has 5 nitrogen and oxygen atoms in total. The molecule has 0 saturated carbocycles. The second kappa shape index (κ2) is 6.51. The van der Waals surface area contributed by atoms with Crippen molar-refractivity contribution in [1.82, 2.24) is 0 Å². The highest BCUT2D eigenvalue weighted by Crippen LogP contribution is 2.45. The third-order valence-corrected chi connectivity index (χ3v) is 4.30. The second-order valence-electron chi connectivity index (χ2n) is 5.60. The van der Waals surface area contributed by atoms with E-state index in [9.17, 15) is 9.59 Å². The summed E-state index contributed by atoms with van der Waals surface area (Å²) in [6, 6.07) is 11.3. The van der Waals surface area contributed by atoms with Crippen molar-refractivity contribution in [2.24, 2.45) is 0 Å². The minimum absolute atomic E-state index is 0.195. The van der Waals surface area contributed by atoms with Crippen molar-refractivity contribution in [3.05, 3.63) is 42.0 Å². The number of benzene rings is 2. The molecule has 0 aromatic heterocycles. The van der Waals surface area contributed by atoms with Gasteiger partial charge in [0.15, 0.2) is 5.41 Å². The molecule has 0 fully saturated rings. The van der Waals surface area contributed by atoms with Gasteiger partial charge in [-0.25, -0.2) is 0 Å². The zero-order valence-corrected chi connectivity index (χ0v) is 13.8. The van der Waals surface area contributed by atoms with E-state index < -0.39 is 17.4 Å². The first-order valence-electron chi connectivity index (χ1n) is 8.14. The number of ether oxygens (including phenoxy) is 3. The van der Waals surface area contributed by atoms with E-state index in [1.165, 1.54) is 0 Å². The SMILES string of the molecule is CCOC(=O)C1(C(=O)OCC)CCOc2ccc3ccccc3c21. The van der Waals surface area contributed by atoms with E-state index in [4.69, 9.17) is 14.2 Å². The van der Waals surface area contributed by atoms with Crippen LogP contribution in [0.25, 0.3) is 10.8 Å². The minimum atomic E-state index is -1.49. The molecule has 0 aliphatic carbocycles. The maximum Gasteiger partial charge on any atom is 0.328 e. The first-order valence-corrected chi connectivity index (χ1v) is 8.14. The van der Waals surface area contributed by atoms with Crippen molar-refractivity contribution in [1.29, 1.82) is 0 Å². The summed E-state index contributed by atoms with van der Waals surface area (Å²) >= 11 is 0. The highest BCUT2D eigenvalue weighted by molar-refractivity contribution is 6.11. The third kappa shape index (κ3) is 2.40. The monoisotopic (exact) mass is 328 g/mol. The van der Waals surface area contributed by atoms with Crippen molar-refractivity contribution in [3.63, 3.8) is 0 Å². The lowest BCUT2D eigenvalue weighted by molar-refractivity contribution is -0.166. The molecule has 0 atom stereocenters. The highest BCUT2D eigenvalue weighted by Gasteiger charge is 2.54. The Morgan fingerprint density at radius 3 is 2.38 bits per heavy atom. The van der Waals surface area contributed by atoms with Gasteiger partial charge in [-0.2, -0.15) is 0 Å². The van der Waals surface area contributed by atoms with Crippen LogP contribution < -0.4 is 4.74 Å². The van der Waals surface area contributed by atoms with Gasteiger partial charge in [0.05, 0.1) is 19.8 Å². The van der Waals surface area contributed by atoms with Gasteiger partial charge in [0.2, 0.25) is 0 Å². The van der Waals surface area contributed by atoms with E-state index in [1.54, 1.807) is 19.9 Å². The number of carbonyl (C=O) groups excluding carboxylic acids is 2. The molecular weight excluding hydrogens is 308 g/mol. The normalized spacial score (nSPS) is 15.2. The van der Waals surface area contributed by atoms with Crippen LogP contribution in [0.15, 0.2) is 36.4 Å². The van der Waals surface area contributed by atoms with E-state index in [0.717, 1.165) is 10.8 Å². The Balaban J connectivity index is 2.31. The first kappa shape index (κ1) is 16.3. The molecule has 3 rings (SSSR count). The van der Waals surface area contributed by atoms with Gasteiger partial charge in [-0.05, 0) is 30.7 Å². The maximum absolute atomic E-state index is 12.9. The van der Waals surface area contributed by atoms with Crippen LogP contribution in [0, 0.1) is 0 Å². The van der Waals surface area contributed by atoms with Crippen LogP contribution in [0.4, 0.5) is 0 Å². The largest absolute Gasteiger partial charge is 0.493 e. The Morgan fingerprint density at radius 2 is 1.71 bits per heavy atom. The van der Waals surface area contributed by atoms with Crippen molar-refractivity contribution in [3.8, 4) is 5.75 Å². The highest BCUT2D eigenvalue weighted by atomic mass is 16.6. The average molecular weight is 328 g/mol. The number of esters is 2. The summed E-state index contributed by atoms with van der Waals surface area (Å²) in [6.07, 6.45) is 0.200. The molecule has 0 saturated heterocycles. The predicted molar refractivity (Wildman–Crippen MR) is 89.0 cm³/mol. The van der Waals surface area contributed by atoms with Gasteiger partial charge in [0.25, 0.3) is 0 Å². The zero-order chi connectivity index (χ0) is 17.2. The molecule has 5 heteroatoms. The molecule has 0 unspecified atom stereocenters. The molecule has 0 bridgehead atoms. The Kier molecular flexibility index (Phi) is 4.42. The molecule has 1 heterocycles. The van der Waals surface area contributed by atoms with Gasteiger partial charge in [0.1, 0.15) is 5.75 Å². The summed E-state index contributed by atoms with van der Waals surface area (Å²) < 4.78 is 16.3. The summed E-state index contributed by atoms with van der Waals surface area (Å²) in [5.41, 5.74) is -0.941. The van der Waals surface area contributed by atoms with Gasteiger partial charge < -0.3 is 14.2 Å². The van der Waals surface area contributed by atoms with Gasteiger partial charge in [-0.3, -0.25) is 9.59 Å². The fraction of sp³-hybridized carbons (Fsp3) is 0.368. The van der Waals surface area contributed by atoms with Crippen LogP contribution >= 0.6 is 0 Å². The molecule has 2 aromatic rings. The summed E-state index contributed by atoms with van der Waals surface area (Å²) in [5.74, 6) is -0.630. The number of carbonyl (C=O) groups is 2. The molecule has 0 spiro atoms. The maximum atomic E-state index is 12.9. The van der Waals surface area contributed by atoms with Crippen LogP contribution in [-0.2, 0) is 24.5 Å². The quantitative estimate of drug-likeness (QED) is 0.638. The smallest absolute Gasteiger partial charge is 0.328 e. The van der Waals surface area contributed by atoms with Crippen LogP contribution in [0.5, 0.6) is 5.75 Å². The molecule has 24 heavy (non-hydrogen) atoms. The number of fused-ring (bicyclic) bond motifs is 3. The minimum Gasteiger partial charge on any atom is -0.493 e. The van der Waals surface area contributed by atoms with Crippen molar-refractivity contribution < 1.29 is 23.8 Å². The van der Waals surface area contributed by atoms with Crippen LogP contribution in [-0.4, -0.2) is 31.8 Å². The van der Waals surface area contributed by atoms with Crippen LogP contribution in [0.3, 0.4) is 0 Å². The Hall–Kier alpha value is -2.56. The van der Waals surface area contributed by atoms with Gasteiger partial charge in [0, 0.05) is 12.0 Å². The van der Waals surface area contributed by atoms with Gasteiger partial charge in [-0.1, -0.05) is 30.3 Å². The lowest BCUT2D eigenvalue weighted by atomic mass is 9.74. The van der Waals surface area contributed by atoms with Crippen LogP contribution in [0.1, 0.15) is 25.8 Å². The molecule has 0 N–H and O–H groups in total. The molecule has 126 valence electrons. The Bertz CT molecular complexity index is 762. The van der Waals surface area contributed by atoms with Crippen molar-refractivity contribution in [2.75, 3.05) is 19.8 Å². The zero-order valence-electron chi connectivity index (χ0n) is 13.8. The topological polar surface area (TPSA) is 61.8 Å². The summed E-state index contributed by atoms with van der Waals surface area (Å²) in [5, 5.41) is 1.73. The van der Waals surface area contributed by atoms with E-state index in [2.05, 4.69) is 0 Å². The fourth-order valence-electron chi connectivity index (χ4n) is 3.25. The fourth-order valence-corrected chi connectivity index (χ4v) is 3.25. The third-order valence-electron chi connectivity index (χ3n) is 4.30. The standard InChI is InChI=1S/C19H20O5/c1-3-22-17(20)19(18(21)23-4-2)11-12-24-15-10-9-13-7-5-6-8-14(13)16(15)19/h5-10H,3-4,11-12H2,1-2H3. The van der Waals surface area contributed by atoms with E-state index in [1.807, 2.05) is 30.3 Å². The molecule has 1 aliphatic rings. The molecule has 0 radical (unpaired) electrons. The predicted octanol–water partition coefficient (Wildman–Crippen LogP) is 2.99. The van der Waals surface area contributed by atoms with Gasteiger partial charge in [-0.15, -0.1) is 0 Å². The van der Waals surface area contributed by atoms with Crippen LogP contribution in [0.2, 0.25) is 0 Å². The van der Waals surface area contributed by atoms with E-state index in [0.29, 0.717) is 11.3 Å². The molecule has 1 aliphatic heterocycles. The number of hydrogen-bond acceptors (Lipinski definition) is 5. The second-order valence-corrected chi connectivity index (χ2v) is 5.60. The number of hydrogen-bond donors (Lipinski definition) is 0. The Labute approximate surface area is 140 Å². The lowest BCUT2D eigenvalue weighted by Crippen LogP contribution is -2.49. The summed E-state index contributed by atoms with van der Waals surface area (Å²) in [6.45, 7) is 4.09. The molecule has 0 amide bonds. The van der Waals surface area contributed by atoms with E-state index in [-0.39, 0.29) is 26.2 Å². The average Bonchev–Trinajstić information content (AvgIpc) is 2.61. The van der Waals surface area contributed by atoms with Crippen molar-refractivity contribution in [2.45, 2.75) is 25.7 Å². The first-order chi connectivity index (χ1) is 11.6. The van der Waals surface area contributed by atoms with E-state index >= 15 is 0 Å². The van der Waals surface area contributed by atoms with Gasteiger partial charge >= 0.3 is 11.9 Å². The Morgan fingerprint density at radius 1 is 1.04 bits per heavy atom. The summed E-state index contributed by atoms with van der Waals surface area (Å²) in [4.78, 5) is 25.7. The molecule has 2 aromatic carbocycles.